The zero-order chi connectivity index (χ0) is 18.4. The molecule has 0 bridgehead atoms. The van der Waals surface area contributed by atoms with Crippen molar-refractivity contribution in [2.45, 2.75) is 24.9 Å². The number of hydrogen-bond acceptors (Lipinski definition) is 8. The van der Waals surface area contributed by atoms with Gasteiger partial charge >= 0.3 is 0 Å². The molecule has 11 nitrogen and oxygen atoms in total. The van der Waals surface area contributed by atoms with E-state index < -0.39 is 30.5 Å². The summed E-state index contributed by atoms with van der Waals surface area (Å²) in [7, 11) is 0. The van der Waals surface area contributed by atoms with Gasteiger partial charge in [0.1, 0.15) is 22.9 Å². The van der Waals surface area contributed by atoms with Gasteiger partial charge in [-0.3, -0.25) is 0 Å². The molecular weight excluding hydrogens is 348 g/mol. The average Bonchev–Trinajstić information content (AvgIpc) is 3.08. The monoisotopic (exact) mass is 364 g/mol. The van der Waals surface area contributed by atoms with Gasteiger partial charge in [-0.1, -0.05) is 24.3 Å². The fraction of sp³-hybridized carbons (Fsp3) is 0.462. The van der Waals surface area contributed by atoms with E-state index in [2.05, 4.69) is 20.1 Å². The Morgan fingerprint density at radius 2 is 2.36 bits per heavy atom. The number of aliphatic hydroxyl groups is 2. The highest BCUT2D eigenvalue weighted by Gasteiger charge is 2.53. The lowest BCUT2D eigenvalue weighted by molar-refractivity contribution is -0.0882. The van der Waals surface area contributed by atoms with Crippen LogP contribution in [0.3, 0.4) is 0 Å². The molecule has 132 valence electrons. The van der Waals surface area contributed by atoms with Crippen LogP contribution < -0.4 is 11.5 Å². The molecule has 0 amide bonds. The van der Waals surface area contributed by atoms with E-state index >= 15 is 0 Å². The summed E-state index contributed by atoms with van der Waals surface area (Å²) in [6, 6.07) is 1.59. The van der Waals surface area contributed by atoms with Crippen molar-refractivity contribution in [3.05, 3.63) is 34.1 Å². The number of rotatable bonds is 4. The van der Waals surface area contributed by atoms with Crippen molar-refractivity contribution in [2.75, 3.05) is 12.3 Å². The van der Waals surface area contributed by atoms with Crippen LogP contribution in [0.5, 0.6) is 0 Å². The Balaban J connectivity index is 2.19. The summed E-state index contributed by atoms with van der Waals surface area (Å²) in [5.74, 6) is -0.510. The van der Waals surface area contributed by atoms with Crippen LogP contribution in [-0.4, -0.2) is 48.2 Å². The molecular formula is C13H16N8O3S. The van der Waals surface area contributed by atoms with E-state index in [0.29, 0.717) is 16.8 Å². The van der Waals surface area contributed by atoms with Gasteiger partial charge in [-0.15, -0.1) is 0 Å². The van der Waals surface area contributed by atoms with Gasteiger partial charge in [-0.2, -0.15) is 5.10 Å². The van der Waals surface area contributed by atoms with E-state index in [4.69, 9.17) is 34.0 Å². The van der Waals surface area contributed by atoms with E-state index in [9.17, 15) is 10.2 Å². The fourth-order valence-electron chi connectivity index (χ4n) is 3.05. The Morgan fingerprint density at radius 1 is 1.64 bits per heavy atom. The molecule has 6 N–H and O–H groups in total. The molecule has 0 aromatic carbocycles. The maximum Gasteiger partial charge on any atom is 0.175 e. The van der Waals surface area contributed by atoms with E-state index in [1.165, 1.54) is 10.8 Å². The summed E-state index contributed by atoms with van der Waals surface area (Å²) in [6.45, 7) is 1.03. The molecule has 25 heavy (non-hydrogen) atoms. The van der Waals surface area contributed by atoms with Crippen molar-refractivity contribution in [3.8, 4) is 0 Å². The molecule has 1 fully saturated rings. The summed E-state index contributed by atoms with van der Waals surface area (Å²) in [5, 5.41) is 27.9. The number of azide groups is 1. The summed E-state index contributed by atoms with van der Waals surface area (Å²) in [4.78, 5) is 6.72. The summed E-state index contributed by atoms with van der Waals surface area (Å²) >= 11 is 5.04. The van der Waals surface area contributed by atoms with E-state index in [1.54, 1.807) is 13.0 Å². The number of nitrogens with two attached hydrogens (primary N) is 2. The molecule has 2 aromatic rings. The third kappa shape index (κ3) is 2.47. The number of anilines is 1. The molecule has 0 spiro atoms. The number of ether oxygens (including phenoxy) is 1. The van der Waals surface area contributed by atoms with Gasteiger partial charge in [0.15, 0.2) is 11.5 Å². The highest BCUT2D eigenvalue weighted by atomic mass is 32.1. The van der Waals surface area contributed by atoms with Crippen LogP contribution in [0.2, 0.25) is 0 Å². The first-order chi connectivity index (χ1) is 11.9. The van der Waals surface area contributed by atoms with Crippen molar-refractivity contribution in [3.63, 3.8) is 0 Å². The zero-order valence-corrected chi connectivity index (χ0v) is 14.0. The van der Waals surface area contributed by atoms with Gasteiger partial charge in [0.25, 0.3) is 0 Å². The van der Waals surface area contributed by atoms with Crippen molar-refractivity contribution < 1.29 is 14.9 Å². The van der Waals surface area contributed by atoms with Crippen LogP contribution in [0, 0.1) is 5.92 Å². The lowest BCUT2D eigenvalue weighted by atomic mass is 9.93. The fourth-order valence-corrected chi connectivity index (χ4v) is 3.20. The Kier molecular flexibility index (Phi) is 4.22. The molecule has 0 radical (unpaired) electrons. The van der Waals surface area contributed by atoms with E-state index in [0.717, 1.165) is 0 Å². The van der Waals surface area contributed by atoms with Gasteiger partial charge in [0.2, 0.25) is 0 Å². The first kappa shape index (κ1) is 17.3. The van der Waals surface area contributed by atoms with Crippen LogP contribution >= 0.6 is 12.2 Å². The van der Waals surface area contributed by atoms with Crippen LogP contribution in [0.25, 0.3) is 16.0 Å². The van der Waals surface area contributed by atoms with Crippen molar-refractivity contribution >= 4 is 28.5 Å². The number of hydrogen-bond donors (Lipinski definition) is 4. The Bertz CT molecular complexity index is 895. The lowest BCUT2D eigenvalue weighted by Gasteiger charge is -2.24. The maximum absolute atomic E-state index is 10.6. The van der Waals surface area contributed by atoms with Gasteiger partial charge < -0.3 is 26.4 Å². The van der Waals surface area contributed by atoms with Gasteiger partial charge in [0.05, 0.1) is 18.4 Å². The largest absolute Gasteiger partial charge is 0.393 e. The second-order valence-corrected chi connectivity index (χ2v) is 6.20. The molecule has 0 aliphatic carbocycles. The smallest absolute Gasteiger partial charge is 0.175 e. The second kappa shape index (κ2) is 6.10. The summed E-state index contributed by atoms with van der Waals surface area (Å²) in [5.41, 5.74) is 20.0. The van der Waals surface area contributed by atoms with Crippen molar-refractivity contribution in [1.29, 1.82) is 0 Å². The third-order valence-electron chi connectivity index (χ3n) is 4.47. The molecule has 1 aliphatic heterocycles. The number of fused-ring (bicyclic) bond motifs is 1. The highest BCUT2D eigenvalue weighted by Crippen LogP contribution is 2.45. The molecule has 1 aliphatic rings. The molecule has 2 aromatic heterocycles. The minimum absolute atomic E-state index is 0.0780. The second-order valence-electron chi connectivity index (χ2n) is 5.76. The van der Waals surface area contributed by atoms with Gasteiger partial charge in [0, 0.05) is 16.4 Å². The molecule has 3 heterocycles. The van der Waals surface area contributed by atoms with Crippen LogP contribution in [0.1, 0.15) is 24.3 Å². The Labute approximate surface area is 146 Å². The maximum atomic E-state index is 10.6. The quantitative estimate of drug-likeness (QED) is 0.253. The van der Waals surface area contributed by atoms with Crippen LogP contribution in [0.15, 0.2) is 17.5 Å². The molecule has 0 unspecified atom stereocenters. The first-order valence-corrected chi connectivity index (χ1v) is 7.72. The topological polar surface area (TPSA) is 181 Å². The first-order valence-electron chi connectivity index (χ1n) is 7.31. The Hall–Kier alpha value is -2.50. The number of aromatic nitrogens is 3. The number of nitrogens with zero attached hydrogens (tertiary/aromatic N) is 6. The number of thiocarbonyl (C=S) groups is 1. The van der Waals surface area contributed by atoms with Crippen LogP contribution in [-0.2, 0) is 4.74 Å². The minimum Gasteiger partial charge on any atom is -0.393 e. The molecule has 3 rings (SSSR count). The van der Waals surface area contributed by atoms with Crippen molar-refractivity contribution in [1.82, 2.24) is 14.6 Å². The zero-order valence-electron chi connectivity index (χ0n) is 13.1. The summed E-state index contributed by atoms with van der Waals surface area (Å²) < 4.78 is 7.18. The van der Waals surface area contributed by atoms with E-state index in [-0.39, 0.29) is 10.8 Å². The molecule has 12 heteroatoms. The third-order valence-corrected chi connectivity index (χ3v) is 4.69. The molecule has 1 saturated heterocycles. The van der Waals surface area contributed by atoms with Gasteiger partial charge in [-0.25, -0.2) is 9.50 Å². The lowest BCUT2D eigenvalue weighted by Crippen LogP contribution is -2.37. The number of nitrogen functional groups attached to an aromatic ring is 1. The minimum atomic E-state index is -1.59. The SMILES string of the molecule is C[C@H]1[C@H](O)[C@H](c2cc(C(N)=S)c3c(N)ncnn23)O[C@@]1(CO)N=[N+]=[N-]. The molecule has 0 saturated carbocycles. The van der Waals surface area contributed by atoms with Gasteiger partial charge in [-0.05, 0) is 11.6 Å². The summed E-state index contributed by atoms with van der Waals surface area (Å²) in [6.07, 6.45) is -0.782. The normalized spacial score (nSPS) is 28.8. The van der Waals surface area contributed by atoms with Crippen LogP contribution in [0.4, 0.5) is 5.82 Å². The average molecular weight is 364 g/mol. The standard InChI is InChI=1S/C13H16N8O3S/c1-5-9(23)10(24-13(5,3-22)19-20-16)7-2-6(12(15)25)8-11(14)17-4-18-21(7)8/h2,4-5,9-10,22-23H,3H2,1H3,(H2,15,25)(H2,14,17,18)/t5-,9-,10-,13+/m0/s1. The predicted octanol–water partition coefficient (Wildman–Crippen LogP) is 0.0129. The Morgan fingerprint density at radius 3 is 2.96 bits per heavy atom. The highest BCUT2D eigenvalue weighted by molar-refractivity contribution is 7.80. The molecule has 4 atom stereocenters. The predicted molar refractivity (Wildman–Crippen MR) is 91.2 cm³/mol. The van der Waals surface area contributed by atoms with E-state index in [1.807, 2.05) is 0 Å². The van der Waals surface area contributed by atoms with Crippen molar-refractivity contribution in [2.24, 2.45) is 16.8 Å². The number of aliphatic hydroxyl groups excluding tert-OH is 2.